The summed E-state index contributed by atoms with van der Waals surface area (Å²) in [5.41, 5.74) is 10.5. The monoisotopic (exact) mass is 346 g/mol. The van der Waals surface area contributed by atoms with Gasteiger partial charge in [-0.3, -0.25) is 0 Å². The zero-order chi connectivity index (χ0) is 13.8. The summed E-state index contributed by atoms with van der Waals surface area (Å²) in [5.74, 6) is 0. The zero-order valence-corrected chi connectivity index (χ0v) is 13.4. The lowest BCUT2D eigenvalue weighted by molar-refractivity contribution is 0.0880. The molecule has 0 aromatic heterocycles. The van der Waals surface area contributed by atoms with Crippen LogP contribution < -0.4 is 11.2 Å². The highest BCUT2D eigenvalue weighted by Crippen LogP contribution is 2.26. The lowest BCUT2D eigenvalue weighted by Gasteiger charge is -2.35. The molecule has 4 nitrogen and oxygen atoms in total. The summed E-state index contributed by atoms with van der Waals surface area (Å²) in [5, 5.41) is 2.97. The molecule has 19 heavy (non-hydrogen) atoms. The Bertz CT molecular complexity index is 421. The van der Waals surface area contributed by atoms with Crippen LogP contribution in [0.25, 0.3) is 0 Å². The van der Waals surface area contributed by atoms with Gasteiger partial charge in [-0.2, -0.15) is 0 Å². The molecule has 106 valence electrons. The van der Waals surface area contributed by atoms with Crippen LogP contribution in [-0.2, 0) is 0 Å². The largest absolute Gasteiger partial charge is 0.329 e. The highest BCUT2D eigenvalue weighted by molar-refractivity contribution is 9.10. The topological polar surface area (TPSA) is 44.5 Å². The second kappa shape index (κ2) is 7.02. The number of rotatable bonds is 4. The van der Waals surface area contributed by atoms with Crippen molar-refractivity contribution in [3.8, 4) is 0 Å². The second-order valence-corrected chi connectivity index (χ2v) is 6.14. The molecule has 3 N–H and O–H groups in total. The number of piperazine rings is 1. The molecular formula is C13H20BrClN4. The fourth-order valence-corrected chi connectivity index (χ4v) is 2.66. The van der Waals surface area contributed by atoms with Crippen LogP contribution in [0.2, 0.25) is 5.02 Å². The maximum atomic E-state index is 6.02. The van der Waals surface area contributed by atoms with Crippen molar-refractivity contribution in [2.75, 3.05) is 39.8 Å². The van der Waals surface area contributed by atoms with Gasteiger partial charge in [-0.1, -0.05) is 17.7 Å². The fraction of sp³-hybridized carbons (Fsp3) is 0.538. The second-order valence-electron chi connectivity index (χ2n) is 4.88. The summed E-state index contributed by atoms with van der Waals surface area (Å²) in [6.07, 6.45) is 0. The Morgan fingerprint density at radius 1 is 1.37 bits per heavy atom. The first-order valence-electron chi connectivity index (χ1n) is 6.45. The summed E-state index contributed by atoms with van der Waals surface area (Å²) in [4.78, 5) is 2.33. The van der Waals surface area contributed by atoms with Crippen molar-refractivity contribution in [1.29, 1.82) is 0 Å². The van der Waals surface area contributed by atoms with Crippen molar-refractivity contribution in [3.63, 3.8) is 0 Å². The van der Waals surface area contributed by atoms with E-state index in [1.54, 1.807) is 0 Å². The van der Waals surface area contributed by atoms with Gasteiger partial charge in [-0.25, -0.2) is 10.4 Å². The van der Waals surface area contributed by atoms with E-state index in [1.165, 1.54) is 0 Å². The molecule has 1 fully saturated rings. The van der Waals surface area contributed by atoms with Crippen LogP contribution in [-0.4, -0.2) is 49.7 Å². The van der Waals surface area contributed by atoms with Crippen LogP contribution in [0.1, 0.15) is 11.6 Å². The Kier molecular flexibility index (Phi) is 5.62. The van der Waals surface area contributed by atoms with E-state index < -0.39 is 0 Å². The Balaban J connectivity index is 2.01. The summed E-state index contributed by atoms with van der Waals surface area (Å²) >= 11 is 9.48. The fourth-order valence-electron chi connectivity index (χ4n) is 2.15. The average Bonchev–Trinajstić information content (AvgIpc) is 2.41. The number of nitrogens with zero attached hydrogens (tertiary/aromatic N) is 2. The van der Waals surface area contributed by atoms with Gasteiger partial charge in [-0.15, -0.1) is 0 Å². The molecule has 0 amide bonds. The van der Waals surface area contributed by atoms with Gasteiger partial charge in [0.25, 0.3) is 0 Å². The highest BCUT2D eigenvalue weighted by atomic mass is 79.9. The van der Waals surface area contributed by atoms with Gasteiger partial charge in [-0.05, 0) is 40.7 Å². The maximum absolute atomic E-state index is 6.02. The van der Waals surface area contributed by atoms with Crippen molar-refractivity contribution < 1.29 is 0 Å². The predicted octanol–water partition coefficient (Wildman–Crippen LogP) is 1.85. The lowest BCUT2D eigenvalue weighted by Crippen LogP contribution is -2.52. The first-order chi connectivity index (χ1) is 9.10. The van der Waals surface area contributed by atoms with Gasteiger partial charge >= 0.3 is 0 Å². The van der Waals surface area contributed by atoms with Gasteiger partial charge in [0, 0.05) is 37.2 Å². The highest BCUT2D eigenvalue weighted by Gasteiger charge is 2.18. The molecule has 1 aliphatic heterocycles. The molecule has 6 heteroatoms. The number of hydrogen-bond donors (Lipinski definition) is 2. The summed E-state index contributed by atoms with van der Waals surface area (Å²) in [6.45, 7) is 4.74. The first kappa shape index (κ1) is 15.2. The smallest absolute Gasteiger partial charge is 0.0587 e. The molecular weight excluding hydrogens is 328 g/mol. The summed E-state index contributed by atoms with van der Waals surface area (Å²) in [7, 11) is 2.15. The van der Waals surface area contributed by atoms with E-state index in [1.807, 2.05) is 18.2 Å². The Labute approximate surface area is 128 Å². The minimum Gasteiger partial charge on any atom is -0.329 e. The quantitative estimate of drug-likeness (QED) is 0.872. The number of nitrogens with two attached hydrogens (primary N) is 1. The number of hydrogen-bond acceptors (Lipinski definition) is 4. The van der Waals surface area contributed by atoms with Crippen molar-refractivity contribution in [3.05, 3.63) is 33.3 Å². The molecule has 0 saturated carbocycles. The molecule has 0 spiro atoms. The molecule has 2 rings (SSSR count). The van der Waals surface area contributed by atoms with Crippen LogP contribution in [0.15, 0.2) is 22.7 Å². The Morgan fingerprint density at radius 3 is 2.63 bits per heavy atom. The van der Waals surface area contributed by atoms with Crippen molar-refractivity contribution in [2.24, 2.45) is 5.73 Å². The molecule has 0 radical (unpaired) electrons. The molecule has 0 bridgehead atoms. The molecule has 1 heterocycles. The van der Waals surface area contributed by atoms with Crippen LogP contribution in [0.4, 0.5) is 0 Å². The van der Waals surface area contributed by atoms with Crippen molar-refractivity contribution >= 4 is 27.5 Å². The maximum Gasteiger partial charge on any atom is 0.0587 e. The van der Waals surface area contributed by atoms with Crippen molar-refractivity contribution in [1.82, 2.24) is 15.3 Å². The molecule has 1 atom stereocenters. The number of benzene rings is 1. The molecule has 1 saturated heterocycles. The molecule has 1 unspecified atom stereocenters. The number of halogens is 2. The van der Waals surface area contributed by atoms with Gasteiger partial charge in [0.05, 0.1) is 11.1 Å². The van der Waals surface area contributed by atoms with Gasteiger partial charge in [0.1, 0.15) is 0 Å². The number of likely N-dealkylation sites (N-methyl/N-ethyl adjacent to an activating group) is 1. The first-order valence-corrected chi connectivity index (χ1v) is 7.62. The third-order valence-corrected chi connectivity index (χ3v) is 4.64. The van der Waals surface area contributed by atoms with Crippen molar-refractivity contribution in [2.45, 2.75) is 6.04 Å². The Hall–Kier alpha value is -0.170. The molecule has 1 aliphatic rings. The molecule has 1 aromatic carbocycles. The SMILES string of the molecule is CN1CCN(NC(CN)c2ccc(Cl)c(Br)c2)CC1. The minimum atomic E-state index is 0.122. The third-order valence-electron chi connectivity index (χ3n) is 3.42. The molecule has 0 aliphatic carbocycles. The van der Waals surface area contributed by atoms with E-state index in [9.17, 15) is 0 Å². The van der Waals surface area contributed by atoms with Gasteiger partial charge in [0.15, 0.2) is 0 Å². The standard InChI is InChI=1S/C13H20BrClN4/c1-18-4-6-19(7-5-18)17-13(9-16)10-2-3-12(15)11(14)8-10/h2-3,8,13,17H,4-7,9,16H2,1H3. The number of hydrazine groups is 1. The molecule has 1 aromatic rings. The van der Waals surface area contributed by atoms with Crippen LogP contribution in [0.5, 0.6) is 0 Å². The third kappa shape index (κ3) is 4.15. The van der Waals surface area contributed by atoms with E-state index in [0.717, 1.165) is 41.2 Å². The van der Waals surface area contributed by atoms with E-state index in [0.29, 0.717) is 6.54 Å². The van der Waals surface area contributed by atoms with Gasteiger partial charge < -0.3 is 10.6 Å². The van der Waals surface area contributed by atoms with E-state index in [-0.39, 0.29) is 6.04 Å². The van der Waals surface area contributed by atoms with E-state index in [2.05, 4.69) is 38.3 Å². The lowest BCUT2D eigenvalue weighted by atomic mass is 10.1. The Morgan fingerprint density at radius 2 is 2.05 bits per heavy atom. The zero-order valence-electron chi connectivity index (χ0n) is 11.1. The summed E-state index contributed by atoms with van der Waals surface area (Å²) in [6, 6.07) is 6.07. The van der Waals surface area contributed by atoms with Crippen LogP contribution in [0.3, 0.4) is 0 Å². The van der Waals surface area contributed by atoms with Crippen LogP contribution in [0, 0.1) is 0 Å². The van der Waals surface area contributed by atoms with Crippen LogP contribution >= 0.6 is 27.5 Å². The van der Waals surface area contributed by atoms with E-state index in [4.69, 9.17) is 17.3 Å². The average molecular weight is 348 g/mol. The van der Waals surface area contributed by atoms with E-state index >= 15 is 0 Å². The normalized spacial score (nSPS) is 19.6. The minimum absolute atomic E-state index is 0.122. The number of nitrogens with one attached hydrogen (secondary N) is 1. The summed E-state index contributed by atoms with van der Waals surface area (Å²) < 4.78 is 0.908. The predicted molar refractivity (Wildman–Crippen MR) is 83.2 cm³/mol. The van der Waals surface area contributed by atoms with Gasteiger partial charge in [0.2, 0.25) is 0 Å².